The minimum atomic E-state index is -0.773. The fourth-order valence-electron chi connectivity index (χ4n) is 2.10. The fourth-order valence-corrected chi connectivity index (χ4v) is 2.10. The van der Waals surface area contributed by atoms with Gasteiger partial charge in [-0.3, -0.25) is 4.79 Å². The lowest BCUT2D eigenvalue weighted by Gasteiger charge is -2.11. The zero-order valence-corrected chi connectivity index (χ0v) is 12.4. The van der Waals surface area contributed by atoms with Crippen molar-refractivity contribution in [2.24, 2.45) is 0 Å². The second-order valence-electron chi connectivity index (χ2n) is 5.01. The molecule has 0 saturated carbocycles. The molecule has 0 saturated heterocycles. The number of carbonyl (C=O) groups is 1. The molecule has 3 nitrogen and oxygen atoms in total. The predicted molar refractivity (Wildman–Crippen MR) is 82.7 cm³/mol. The van der Waals surface area contributed by atoms with Crippen LogP contribution in [0.25, 0.3) is 0 Å². The molecule has 0 spiro atoms. The lowest BCUT2D eigenvalue weighted by atomic mass is 9.99. The highest BCUT2D eigenvalue weighted by molar-refractivity contribution is 5.96. The zero-order chi connectivity index (χ0) is 15.2. The van der Waals surface area contributed by atoms with Crippen molar-refractivity contribution >= 4 is 5.78 Å². The molecule has 0 aliphatic heterocycles. The molecule has 0 radical (unpaired) electrons. The molecule has 0 aliphatic carbocycles. The third kappa shape index (κ3) is 4.17. The summed E-state index contributed by atoms with van der Waals surface area (Å²) >= 11 is 0. The summed E-state index contributed by atoms with van der Waals surface area (Å²) in [7, 11) is 0. The number of ketones is 1. The van der Waals surface area contributed by atoms with Gasteiger partial charge in [0.25, 0.3) is 0 Å². The highest BCUT2D eigenvalue weighted by atomic mass is 16.5. The maximum Gasteiger partial charge on any atom is 0.165 e. The summed E-state index contributed by atoms with van der Waals surface area (Å²) in [5.41, 5.74) is 2.48. The Morgan fingerprint density at radius 3 is 2.29 bits per heavy atom. The van der Waals surface area contributed by atoms with Gasteiger partial charge in [0.15, 0.2) is 5.78 Å². The summed E-state index contributed by atoms with van der Waals surface area (Å²) in [6.45, 7) is 4.50. The first kappa shape index (κ1) is 15.3. The number of hydrogen-bond acceptors (Lipinski definition) is 3. The van der Waals surface area contributed by atoms with Gasteiger partial charge in [-0.2, -0.15) is 0 Å². The van der Waals surface area contributed by atoms with Crippen LogP contribution >= 0.6 is 0 Å². The molecule has 2 aromatic rings. The summed E-state index contributed by atoms with van der Waals surface area (Å²) in [4.78, 5) is 12.2. The molecule has 1 unspecified atom stereocenters. The fraction of sp³-hybridized carbons (Fsp3) is 0.278. The summed E-state index contributed by atoms with van der Waals surface area (Å²) in [6, 6.07) is 14.6. The van der Waals surface area contributed by atoms with Crippen LogP contribution in [0.2, 0.25) is 0 Å². The average Bonchev–Trinajstić information content (AvgIpc) is 2.49. The molecule has 1 N–H and O–H groups in total. The first-order valence-corrected chi connectivity index (χ1v) is 7.11. The maximum atomic E-state index is 12.2. The summed E-state index contributed by atoms with van der Waals surface area (Å²) in [5.74, 6) is 0.666. The lowest BCUT2D eigenvalue weighted by molar-refractivity contribution is 0.0880. The van der Waals surface area contributed by atoms with Crippen LogP contribution in [0.4, 0.5) is 0 Å². The molecule has 0 aromatic heterocycles. The molecule has 0 amide bonds. The third-order valence-electron chi connectivity index (χ3n) is 3.33. The monoisotopic (exact) mass is 284 g/mol. The average molecular weight is 284 g/mol. The van der Waals surface area contributed by atoms with Gasteiger partial charge in [-0.25, -0.2) is 0 Å². The molecular weight excluding hydrogens is 264 g/mol. The van der Waals surface area contributed by atoms with Crippen LogP contribution in [-0.2, 0) is 0 Å². The topological polar surface area (TPSA) is 46.5 Å². The van der Waals surface area contributed by atoms with E-state index in [9.17, 15) is 9.90 Å². The van der Waals surface area contributed by atoms with Crippen molar-refractivity contribution in [3.05, 3.63) is 65.2 Å². The molecule has 1 atom stereocenters. The van der Waals surface area contributed by atoms with E-state index in [1.54, 1.807) is 24.3 Å². The van der Waals surface area contributed by atoms with Gasteiger partial charge >= 0.3 is 0 Å². The molecule has 0 heterocycles. The van der Waals surface area contributed by atoms with Gasteiger partial charge in [0.05, 0.1) is 12.7 Å². The van der Waals surface area contributed by atoms with Crippen molar-refractivity contribution < 1.29 is 14.6 Å². The van der Waals surface area contributed by atoms with E-state index in [2.05, 4.69) is 0 Å². The Morgan fingerprint density at radius 1 is 1.10 bits per heavy atom. The van der Waals surface area contributed by atoms with E-state index in [-0.39, 0.29) is 12.2 Å². The number of carbonyl (C=O) groups excluding carboxylic acids is 1. The van der Waals surface area contributed by atoms with Crippen molar-refractivity contribution in [2.75, 3.05) is 6.61 Å². The Balaban J connectivity index is 2.01. The molecule has 0 bridgehead atoms. The van der Waals surface area contributed by atoms with Gasteiger partial charge in [0.1, 0.15) is 5.75 Å². The Kier molecular flexibility index (Phi) is 5.12. The van der Waals surface area contributed by atoms with Crippen LogP contribution in [0.5, 0.6) is 5.75 Å². The lowest BCUT2D eigenvalue weighted by Crippen LogP contribution is -2.07. The number of aliphatic hydroxyl groups is 1. The number of ether oxygens (including phenoxy) is 1. The smallest absolute Gasteiger partial charge is 0.165 e. The number of aliphatic hydroxyl groups excluding tert-OH is 1. The first-order chi connectivity index (χ1) is 10.1. The third-order valence-corrected chi connectivity index (χ3v) is 3.33. The van der Waals surface area contributed by atoms with E-state index in [1.807, 2.05) is 38.1 Å². The molecular formula is C18H20O3. The molecule has 110 valence electrons. The normalized spacial score (nSPS) is 12.0. The van der Waals surface area contributed by atoms with E-state index < -0.39 is 6.10 Å². The van der Waals surface area contributed by atoms with Gasteiger partial charge in [-0.05, 0) is 43.7 Å². The van der Waals surface area contributed by atoms with Crippen LogP contribution in [0, 0.1) is 6.92 Å². The van der Waals surface area contributed by atoms with Crippen LogP contribution in [0.1, 0.15) is 40.9 Å². The molecule has 0 fully saturated rings. The van der Waals surface area contributed by atoms with Crippen LogP contribution < -0.4 is 4.74 Å². The van der Waals surface area contributed by atoms with E-state index >= 15 is 0 Å². The molecule has 2 aromatic carbocycles. The second kappa shape index (κ2) is 7.04. The number of Topliss-reactive ketones (excluding diaryl/α,β-unsaturated/α-hetero) is 1. The van der Waals surface area contributed by atoms with Crippen LogP contribution in [0.15, 0.2) is 48.5 Å². The SMILES string of the molecule is CCOc1ccc(C(=O)CC(O)c2ccc(C)cc2)cc1. The Labute approximate surface area is 125 Å². The van der Waals surface area contributed by atoms with E-state index in [4.69, 9.17) is 4.74 Å². The molecule has 2 rings (SSSR count). The highest BCUT2D eigenvalue weighted by Crippen LogP contribution is 2.21. The van der Waals surface area contributed by atoms with Crippen molar-refractivity contribution in [1.82, 2.24) is 0 Å². The van der Waals surface area contributed by atoms with Crippen molar-refractivity contribution in [1.29, 1.82) is 0 Å². The van der Waals surface area contributed by atoms with Crippen molar-refractivity contribution in [3.63, 3.8) is 0 Å². The van der Waals surface area contributed by atoms with Gasteiger partial charge in [0, 0.05) is 12.0 Å². The zero-order valence-electron chi connectivity index (χ0n) is 12.4. The molecule has 21 heavy (non-hydrogen) atoms. The van der Waals surface area contributed by atoms with Gasteiger partial charge in [0.2, 0.25) is 0 Å². The maximum absolute atomic E-state index is 12.2. The quantitative estimate of drug-likeness (QED) is 0.823. The van der Waals surface area contributed by atoms with Crippen molar-refractivity contribution in [3.8, 4) is 5.75 Å². The Hall–Kier alpha value is -2.13. The number of hydrogen-bond donors (Lipinski definition) is 1. The minimum absolute atomic E-state index is 0.0777. The summed E-state index contributed by atoms with van der Waals surface area (Å²) < 4.78 is 5.34. The summed E-state index contributed by atoms with van der Waals surface area (Å²) in [5, 5.41) is 10.1. The first-order valence-electron chi connectivity index (χ1n) is 7.11. The minimum Gasteiger partial charge on any atom is -0.494 e. The second-order valence-corrected chi connectivity index (χ2v) is 5.01. The van der Waals surface area contributed by atoms with E-state index in [0.29, 0.717) is 12.2 Å². The molecule has 0 aliphatic rings. The largest absolute Gasteiger partial charge is 0.494 e. The van der Waals surface area contributed by atoms with Gasteiger partial charge in [-0.15, -0.1) is 0 Å². The summed E-state index contributed by atoms with van der Waals surface area (Å²) in [6.07, 6.45) is -0.693. The van der Waals surface area contributed by atoms with Crippen LogP contribution in [-0.4, -0.2) is 17.5 Å². The highest BCUT2D eigenvalue weighted by Gasteiger charge is 2.14. The number of benzene rings is 2. The number of aryl methyl sites for hydroxylation is 1. The standard InChI is InChI=1S/C18H20O3/c1-3-21-16-10-8-15(9-11-16)18(20)12-17(19)14-6-4-13(2)5-7-14/h4-11,17,19H,3,12H2,1-2H3. The van der Waals surface area contributed by atoms with E-state index in [0.717, 1.165) is 16.9 Å². The number of rotatable bonds is 6. The molecule has 3 heteroatoms. The Morgan fingerprint density at radius 2 is 1.71 bits per heavy atom. The predicted octanol–water partition coefficient (Wildman–Crippen LogP) is 3.70. The van der Waals surface area contributed by atoms with E-state index in [1.165, 1.54) is 0 Å². The van der Waals surface area contributed by atoms with Gasteiger partial charge < -0.3 is 9.84 Å². The van der Waals surface area contributed by atoms with Crippen molar-refractivity contribution in [2.45, 2.75) is 26.4 Å². The van der Waals surface area contributed by atoms with Crippen LogP contribution in [0.3, 0.4) is 0 Å². The Bertz CT molecular complexity index is 585. The van der Waals surface area contributed by atoms with Gasteiger partial charge in [-0.1, -0.05) is 29.8 Å².